The molecule has 0 spiro atoms. The Morgan fingerprint density at radius 1 is 1.39 bits per heavy atom. The molecule has 0 amide bonds. The van der Waals surface area contributed by atoms with Gasteiger partial charge in [0.15, 0.2) is 0 Å². The van der Waals surface area contributed by atoms with Crippen molar-refractivity contribution in [3.05, 3.63) is 33.3 Å². The fourth-order valence-electron chi connectivity index (χ4n) is 2.53. The minimum absolute atomic E-state index is 0.629. The molecule has 1 N–H and O–H groups in total. The van der Waals surface area contributed by atoms with E-state index >= 15 is 0 Å². The van der Waals surface area contributed by atoms with Crippen LogP contribution in [0, 0.1) is 0 Å². The summed E-state index contributed by atoms with van der Waals surface area (Å²) in [6, 6.07) is 6.67. The van der Waals surface area contributed by atoms with Crippen LogP contribution in [0.25, 0.3) is 0 Å². The van der Waals surface area contributed by atoms with Crippen LogP contribution in [0.3, 0.4) is 0 Å². The SMILES string of the molecule is CSC1CCCCC1NCc1cc(Br)ccc1Cl. The first-order chi connectivity index (χ1) is 8.70. The Morgan fingerprint density at radius 2 is 2.17 bits per heavy atom. The highest BCUT2D eigenvalue weighted by Gasteiger charge is 2.23. The molecule has 0 radical (unpaired) electrons. The topological polar surface area (TPSA) is 12.0 Å². The molecule has 1 nitrogen and oxygen atoms in total. The molecule has 1 fully saturated rings. The second-order valence-electron chi connectivity index (χ2n) is 4.78. The quantitative estimate of drug-likeness (QED) is 0.833. The minimum Gasteiger partial charge on any atom is -0.309 e. The van der Waals surface area contributed by atoms with Gasteiger partial charge in [-0.05, 0) is 42.9 Å². The lowest BCUT2D eigenvalue weighted by Gasteiger charge is -2.31. The molecule has 1 aliphatic carbocycles. The Hall–Kier alpha value is 0.300. The van der Waals surface area contributed by atoms with E-state index in [0.29, 0.717) is 6.04 Å². The molecule has 2 unspecified atom stereocenters. The maximum atomic E-state index is 6.22. The predicted molar refractivity (Wildman–Crippen MR) is 85.6 cm³/mol. The average molecular weight is 349 g/mol. The van der Waals surface area contributed by atoms with Crippen molar-refractivity contribution in [1.82, 2.24) is 5.32 Å². The van der Waals surface area contributed by atoms with E-state index in [1.54, 1.807) is 0 Å². The number of halogens is 2. The zero-order chi connectivity index (χ0) is 13.0. The second-order valence-corrected chi connectivity index (χ2v) is 7.18. The van der Waals surface area contributed by atoms with Gasteiger partial charge in [0.1, 0.15) is 0 Å². The van der Waals surface area contributed by atoms with Crippen LogP contribution in [0.15, 0.2) is 22.7 Å². The zero-order valence-corrected chi connectivity index (χ0v) is 13.7. The molecule has 1 aliphatic rings. The second kappa shape index (κ2) is 7.18. The maximum Gasteiger partial charge on any atom is 0.0451 e. The van der Waals surface area contributed by atoms with Crippen molar-refractivity contribution in [2.75, 3.05) is 6.26 Å². The molecule has 0 bridgehead atoms. The van der Waals surface area contributed by atoms with Gasteiger partial charge in [-0.25, -0.2) is 0 Å². The lowest BCUT2D eigenvalue weighted by molar-refractivity contribution is 0.383. The smallest absolute Gasteiger partial charge is 0.0451 e. The lowest BCUT2D eigenvalue weighted by atomic mass is 9.94. The molecular weight excluding hydrogens is 330 g/mol. The Kier molecular flexibility index (Phi) is 5.87. The normalized spacial score (nSPS) is 24.2. The summed E-state index contributed by atoms with van der Waals surface area (Å²) >= 11 is 11.7. The van der Waals surface area contributed by atoms with E-state index in [9.17, 15) is 0 Å². The monoisotopic (exact) mass is 347 g/mol. The van der Waals surface area contributed by atoms with E-state index in [1.165, 1.54) is 31.2 Å². The summed E-state index contributed by atoms with van der Waals surface area (Å²) in [7, 11) is 0. The summed E-state index contributed by atoms with van der Waals surface area (Å²) in [4.78, 5) is 0. The van der Waals surface area contributed by atoms with Gasteiger partial charge in [-0.1, -0.05) is 40.4 Å². The minimum atomic E-state index is 0.629. The molecular formula is C14H19BrClNS. The van der Waals surface area contributed by atoms with Crippen LogP contribution >= 0.6 is 39.3 Å². The standard InChI is InChI=1S/C14H19BrClNS/c1-18-14-5-3-2-4-13(14)17-9-10-8-11(15)6-7-12(10)16/h6-8,13-14,17H,2-5,9H2,1H3. The Labute approximate surface area is 127 Å². The largest absolute Gasteiger partial charge is 0.309 e. The Bertz CT molecular complexity index is 399. The van der Waals surface area contributed by atoms with E-state index < -0.39 is 0 Å². The molecule has 0 aliphatic heterocycles. The number of nitrogens with one attached hydrogen (secondary N) is 1. The van der Waals surface area contributed by atoms with Crippen molar-refractivity contribution < 1.29 is 0 Å². The summed E-state index contributed by atoms with van der Waals surface area (Å²) in [6.45, 7) is 0.861. The van der Waals surface area contributed by atoms with Crippen molar-refractivity contribution in [2.45, 2.75) is 43.5 Å². The Balaban J connectivity index is 1.95. The molecule has 2 rings (SSSR count). The van der Waals surface area contributed by atoms with Gasteiger partial charge in [0.25, 0.3) is 0 Å². The van der Waals surface area contributed by atoms with Gasteiger partial charge < -0.3 is 5.32 Å². The first kappa shape index (κ1) is 14.7. The van der Waals surface area contributed by atoms with Gasteiger partial charge in [0, 0.05) is 27.3 Å². The van der Waals surface area contributed by atoms with Crippen LogP contribution in [0.2, 0.25) is 5.02 Å². The fraction of sp³-hybridized carbons (Fsp3) is 0.571. The molecule has 1 saturated carbocycles. The zero-order valence-electron chi connectivity index (χ0n) is 10.6. The number of rotatable bonds is 4. The summed E-state index contributed by atoms with van der Waals surface area (Å²) < 4.78 is 1.09. The van der Waals surface area contributed by atoms with Crippen LogP contribution in [0.1, 0.15) is 31.2 Å². The maximum absolute atomic E-state index is 6.22. The van der Waals surface area contributed by atoms with E-state index in [4.69, 9.17) is 11.6 Å². The van der Waals surface area contributed by atoms with Crippen molar-refractivity contribution in [3.63, 3.8) is 0 Å². The van der Waals surface area contributed by atoms with Crippen molar-refractivity contribution in [3.8, 4) is 0 Å². The number of hydrogen-bond donors (Lipinski definition) is 1. The molecule has 0 heterocycles. The predicted octanol–water partition coefficient (Wildman–Crippen LogP) is 4.87. The van der Waals surface area contributed by atoms with E-state index in [-0.39, 0.29) is 0 Å². The number of thioether (sulfide) groups is 1. The van der Waals surface area contributed by atoms with Crippen molar-refractivity contribution in [1.29, 1.82) is 0 Å². The molecule has 4 heteroatoms. The highest BCUT2D eigenvalue weighted by atomic mass is 79.9. The van der Waals surface area contributed by atoms with Crippen LogP contribution in [0.5, 0.6) is 0 Å². The molecule has 0 aromatic heterocycles. The molecule has 18 heavy (non-hydrogen) atoms. The third kappa shape index (κ3) is 3.89. The van der Waals surface area contributed by atoms with Crippen LogP contribution < -0.4 is 5.32 Å². The van der Waals surface area contributed by atoms with Crippen LogP contribution in [0.4, 0.5) is 0 Å². The molecule has 100 valence electrons. The third-order valence-electron chi connectivity index (χ3n) is 3.57. The van der Waals surface area contributed by atoms with Crippen LogP contribution in [-0.4, -0.2) is 17.5 Å². The van der Waals surface area contributed by atoms with Gasteiger partial charge in [-0.15, -0.1) is 0 Å². The van der Waals surface area contributed by atoms with Crippen LogP contribution in [-0.2, 0) is 6.54 Å². The van der Waals surface area contributed by atoms with E-state index in [2.05, 4.69) is 33.6 Å². The van der Waals surface area contributed by atoms with Crippen molar-refractivity contribution >= 4 is 39.3 Å². The lowest BCUT2D eigenvalue weighted by Crippen LogP contribution is -2.39. The average Bonchev–Trinajstić information content (AvgIpc) is 2.40. The third-order valence-corrected chi connectivity index (χ3v) is 5.60. The first-order valence-electron chi connectivity index (χ1n) is 6.41. The summed E-state index contributed by atoms with van der Waals surface area (Å²) in [5.41, 5.74) is 1.18. The molecule has 0 saturated heterocycles. The highest BCUT2D eigenvalue weighted by Crippen LogP contribution is 2.28. The number of hydrogen-bond acceptors (Lipinski definition) is 2. The molecule has 1 aromatic rings. The highest BCUT2D eigenvalue weighted by molar-refractivity contribution is 9.10. The number of benzene rings is 1. The summed E-state index contributed by atoms with van der Waals surface area (Å²) in [5, 5.41) is 5.28. The first-order valence-corrected chi connectivity index (χ1v) is 8.86. The molecule has 1 aromatic carbocycles. The van der Waals surface area contributed by atoms with Crippen molar-refractivity contribution in [2.24, 2.45) is 0 Å². The molecule has 2 atom stereocenters. The van der Waals surface area contributed by atoms with Gasteiger partial charge in [0.05, 0.1) is 0 Å². The van der Waals surface area contributed by atoms with Gasteiger partial charge >= 0.3 is 0 Å². The van der Waals surface area contributed by atoms with E-state index in [0.717, 1.165) is 21.3 Å². The van der Waals surface area contributed by atoms with Gasteiger partial charge in [-0.2, -0.15) is 11.8 Å². The Morgan fingerprint density at radius 3 is 2.94 bits per heavy atom. The summed E-state index contributed by atoms with van der Waals surface area (Å²) in [5.74, 6) is 0. The van der Waals surface area contributed by atoms with E-state index in [1.807, 2.05) is 23.9 Å². The fourth-order valence-corrected chi connectivity index (χ4v) is 4.09. The summed E-state index contributed by atoms with van der Waals surface area (Å²) in [6.07, 6.45) is 7.57. The van der Waals surface area contributed by atoms with Gasteiger partial charge in [-0.3, -0.25) is 0 Å². The van der Waals surface area contributed by atoms with Gasteiger partial charge in [0.2, 0.25) is 0 Å².